The number of hydrogen-bond acceptors (Lipinski definition) is 5. The summed E-state index contributed by atoms with van der Waals surface area (Å²) >= 11 is 0. The standard InChI is InChI=1S/C29H47N3O5/c1-8-11-12-17-31(16-10-3)27(36)24-29-14-13-28(6,37-29)22(25(34)30(7)15-9-2)23(29)26(35)32(24)21(19-33)18-20(4)5/h9-10,20-24,33H,2-3,8,11-19H2,1,4-7H3/t21-,22+,23+,24?,28-,29?/m1/s1. The van der Waals surface area contributed by atoms with E-state index in [9.17, 15) is 19.5 Å². The van der Waals surface area contributed by atoms with Crippen LogP contribution in [0.15, 0.2) is 25.3 Å². The molecule has 0 radical (unpaired) electrons. The number of fused-ring (bicyclic) bond motifs is 1. The van der Waals surface area contributed by atoms with Crippen LogP contribution in [0.5, 0.6) is 0 Å². The highest BCUT2D eigenvalue weighted by atomic mass is 16.5. The van der Waals surface area contributed by atoms with Crippen molar-refractivity contribution >= 4 is 17.7 Å². The normalized spacial score (nSPS) is 30.9. The van der Waals surface area contributed by atoms with E-state index in [4.69, 9.17) is 4.74 Å². The number of carbonyl (C=O) groups is 3. The van der Waals surface area contributed by atoms with E-state index in [-0.39, 0.29) is 30.2 Å². The molecule has 3 rings (SSSR count). The Hall–Kier alpha value is -2.19. The van der Waals surface area contributed by atoms with Gasteiger partial charge in [0, 0.05) is 26.7 Å². The van der Waals surface area contributed by atoms with Gasteiger partial charge in [0.05, 0.1) is 30.1 Å². The van der Waals surface area contributed by atoms with Crippen LogP contribution >= 0.6 is 0 Å². The Morgan fingerprint density at radius 2 is 1.86 bits per heavy atom. The molecule has 3 heterocycles. The molecule has 0 aromatic rings. The number of likely N-dealkylation sites (tertiary alicyclic amines) is 1. The molecule has 8 nitrogen and oxygen atoms in total. The van der Waals surface area contributed by atoms with Crippen molar-refractivity contribution in [1.82, 2.24) is 14.7 Å². The van der Waals surface area contributed by atoms with Gasteiger partial charge >= 0.3 is 0 Å². The molecule has 0 aromatic carbocycles. The fraction of sp³-hybridized carbons (Fsp3) is 0.759. The van der Waals surface area contributed by atoms with Gasteiger partial charge in [0.15, 0.2) is 0 Å². The van der Waals surface area contributed by atoms with Crippen molar-refractivity contribution in [2.24, 2.45) is 17.8 Å². The van der Waals surface area contributed by atoms with Gasteiger partial charge < -0.3 is 24.5 Å². The minimum absolute atomic E-state index is 0.161. The summed E-state index contributed by atoms with van der Waals surface area (Å²) in [4.78, 5) is 47.3. The van der Waals surface area contributed by atoms with Crippen LogP contribution in [-0.2, 0) is 19.1 Å². The number of likely N-dealkylation sites (N-methyl/N-ethyl adjacent to an activating group) is 1. The number of nitrogens with zero attached hydrogens (tertiary/aromatic N) is 3. The predicted molar refractivity (Wildman–Crippen MR) is 144 cm³/mol. The Bertz CT molecular complexity index is 891. The van der Waals surface area contributed by atoms with Crippen molar-refractivity contribution in [3.63, 3.8) is 0 Å². The van der Waals surface area contributed by atoms with Crippen molar-refractivity contribution in [2.75, 3.05) is 33.3 Å². The third-order valence-corrected chi connectivity index (χ3v) is 8.53. The van der Waals surface area contributed by atoms with Crippen molar-refractivity contribution in [3.8, 4) is 0 Å². The average Bonchev–Trinajstić information content (AvgIpc) is 3.42. The lowest BCUT2D eigenvalue weighted by Gasteiger charge is -2.40. The zero-order chi connectivity index (χ0) is 27.5. The molecular weight excluding hydrogens is 470 g/mol. The van der Waals surface area contributed by atoms with E-state index in [0.717, 1.165) is 19.3 Å². The van der Waals surface area contributed by atoms with E-state index < -0.39 is 35.1 Å². The van der Waals surface area contributed by atoms with Crippen LogP contribution in [0.25, 0.3) is 0 Å². The molecule has 0 aromatic heterocycles. The smallest absolute Gasteiger partial charge is 0.248 e. The first kappa shape index (κ1) is 29.4. The minimum atomic E-state index is -1.09. The second kappa shape index (κ2) is 11.7. The van der Waals surface area contributed by atoms with Gasteiger partial charge in [0.2, 0.25) is 17.7 Å². The highest BCUT2D eigenvalue weighted by molar-refractivity contribution is 5.99. The molecule has 208 valence electrons. The first-order valence-corrected chi connectivity index (χ1v) is 13.9. The van der Waals surface area contributed by atoms with Crippen LogP contribution in [-0.4, -0.2) is 94.1 Å². The number of unbranched alkanes of at least 4 members (excludes halogenated alkanes) is 2. The molecule has 3 aliphatic rings. The van der Waals surface area contributed by atoms with Crippen molar-refractivity contribution in [1.29, 1.82) is 0 Å². The number of amides is 3. The first-order valence-electron chi connectivity index (χ1n) is 13.9. The Kier molecular flexibility index (Phi) is 9.27. The number of aliphatic hydroxyl groups excluding tert-OH is 1. The summed E-state index contributed by atoms with van der Waals surface area (Å²) in [5.74, 6) is -1.83. The Morgan fingerprint density at radius 1 is 1.19 bits per heavy atom. The third kappa shape index (κ3) is 5.11. The average molecular weight is 518 g/mol. The number of ether oxygens (including phenoxy) is 1. The first-order chi connectivity index (χ1) is 17.5. The topological polar surface area (TPSA) is 90.4 Å². The maximum atomic E-state index is 14.3. The lowest BCUT2D eigenvalue weighted by molar-refractivity contribution is -0.156. The molecular formula is C29H47N3O5. The quantitative estimate of drug-likeness (QED) is 0.283. The highest BCUT2D eigenvalue weighted by Gasteiger charge is 2.78. The molecule has 2 unspecified atom stereocenters. The van der Waals surface area contributed by atoms with Crippen LogP contribution in [0.2, 0.25) is 0 Å². The number of carbonyl (C=O) groups excluding carboxylic acids is 3. The Balaban J connectivity index is 2.10. The van der Waals surface area contributed by atoms with Gasteiger partial charge in [-0.15, -0.1) is 13.2 Å². The Labute approximate surface area is 222 Å². The fourth-order valence-corrected chi connectivity index (χ4v) is 6.93. The van der Waals surface area contributed by atoms with Gasteiger partial charge in [-0.1, -0.05) is 45.8 Å². The summed E-state index contributed by atoms with van der Waals surface area (Å²) in [6.07, 6.45) is 7.93. The van der Waals surface area contributed by atoms with E-state index in [1.807, 2.05) is 20.8 Å². The van der Waals surface area contributed by atoms with Crippen LogP contribution < -0.4 is 0 Å². The zero-order valence-electron chi connectivity index (χ0n) is 23.4. The molecule has 0 saturated carbocycles. The second-order valence-electron chi connectivity index (χ2n) is 11.7. The lowest BCUT2D eigenvalue weighted by atomic mass is 9.66. The predicted octanol–water partition coefficient (Wildman–Crippen LogP) is 3.01. The molecule has 3 saturated heterocycles. The van der Waals surface area contributed by atoms with Crippen molar-refractivity contribution < 1.29 is 24.2 Å². The van der Waals surface area contributed by atoms with Crippen LogP contribution in [0, 0.1) is 17.8 Å². The maximum Gasteiger partial charge on any atom is 0.248 e. The number of rotatable bonds is 14. The van der Waals surface area contributed by atoms with Gasteiger partial charge in [-0.25, -0.2) is 0 Å². The van der Waals surface area contributed by atoms with E-state index >= 15 is 0 Å². The Morgan fingerprint density at radius 3 is 2.43 bits per heavy atom. The molecule has 1 N–H and O–H groups in total. The van der Waals surface area contributed by atoms with Gasteiger partial charge in [-0.05, 0) is 38.5 Å². The molecule has 0 aliphatic carbocycles. The maximum absolute atomic E-state index is 14.3. The van der Waals surface area contributed by atoms with Gasteiger partial charge in [0.25, 0.3) is 0 Å². The van der Waals surface area contributed by atoms with Crippen LogP contribution in [0.4, 0.5) is 0 Å². The lowest BCUT2D eigenvalue weighted by Crippen LogP contribution is -2.59. The molecule has 3 aliphatic heterocycles. The largest absolute Gasteiger partial charge is 0.394 e. The SMILES string of the molecule is C=CCN(C)C(=O)[C@@H]1[C@H]2C(=O)N([C@@H](CO)CC(C)C)C(C(=O)N(CC=C)CCCCC)C23CC[C@@]1(C)O3. The van der Waals surface area contributed by atoms with Gasteiger partial charge in [-0.2, -0.15) is 0 Å². The summed E-state index contributed by atoms with van der Waals surface area (Å²) in [5, 5.41) is 10.4. The van der Waals surface area contributed by atoms with E-state index in [1.165, 1.54) is 0 Å². The van der Waals surface area contributed by atoms with E-state index in [1.54, 1.807) is 33.9 Å². The molecule has 2 bridgehead atoms. The van der Waals surface area contributed by atoms with E-state index in [2.05, 4.69) is 20.1 Å². The summed E-state index contributed by atoms with van der Waals surface area (Å²) in [5.41, 5.74) is -1.91. The van der Waals surface area contributed by atoms with Crippen LogP contribution in [0.3, 0.4) is 0 Å². The summed E-state index contributed by atoms with van der Waals surface area (Å²) in [6, 6.07) is -1.41. The number of aliphatic hydroxyl groups is 1. The third-order valence-electron chi connectivity index (χ3n) is 8.53. The van der Waals surface area contributed by atoms with Crippen molar-refractivity contribution in [3.05, 3.63) is 25.3 Å². The summed E-state index contributed by atoms with van der Waals surface area (Å²) in [7, 11) is 1.71. The van der Waals surface area contributed by atoms with Crippen molar-refractivity contribution in [2.45, 2.75) is 89.5 Å². The summed E-state index contributed by atoms with van der Waals surface area (Å²) in [6.45, 7) is 16.7. The molecule has 37 heavy (non-hydrogen) atoms. The second-order valence-corrected chi connectivity index (χ2v) is 11.7. The molecule has 3 fully saturated rings. The molecule has 6 atom stereocenters. The molecule has 3 amide bonds. The van der Waals surface area contributed by atoms with Crippen LogP contribution in [0.1, 0.15) is 66.2 Å². The highest BCUT2D eigenvalue weighted by Crippen LogP contribution is 2.64. The van der Waals surface area contributed by atoms with Gasteiger partial charge in [-0.3, -0.25) is 14.4 Å². The minimum Gasteiger partial charge on any atom is -0.394 e. The summed E-state index contributed by atoms with van der Waals surface area (Å²) < 4.78 is 6.73. The van der Waals surface area contributed by atoms with E-state index in [0.29, 0.717) is 38.9 Å². The monoisotopic (exact) mass is 517 g/mol. The molecule has 8 heteroatoms. The molecule has 1 spiro atoms. The fourth-order valence-electron chi connectivity index (χ4n) is 6.93. The number of hydrogen-bond donors (Lipinski definition) is 1. The van der Waals surface area contributed by atoms with Gasteiger partial charge in [0.1, 0.15) is 11.6 Å². The zero-order valence-corrected chi connectivity index (χ0v) is 23.4.